The molecule has 0 aliphatic heterocycles. The first-order valence-electron chi connectivity index (χ1n) is 5.85. The van der Waals surface area contributed by atoms with Crippen molar-refractivity contribution >= 4 is 37.6 Å². The lowest BCUT2D eigenvalue weighted by atomic mass is 10.1. The minimum absolute atomic E-state index is 0.0999. The minimum Gasteiger partial charge on any atom is -0.481 e. The van der Waals surface area contributed by atoms with Crippen LogP contribution in [0.15, 0.2) is 22.7 Å². The van der Waals surface area contributed by atoms with E-state index in [4.69, 9.17) is 5.11 Å². The number of sulfonamides is 1. The van der Waals surface area contributed by atoms with Gasteiger partial charge in [-0.25, -0.2) is 8.42 Å². The summed E-state index contributed by atoms with van der Waals surface area (Å²) in [7, 11) is -3.50. The number of carboxylic acids is 1. The molecule has 0 bridgehead atoms. The van der Waals surface area contributed by atoms with Gasteiger partial charge < -0.3 is 5.11 Å². The van der Waals surface area contributed by atoms with Gasteiger partial charge in [0.05, 0.1) is 11.4 Å². The topological polar surface area (TPSA) is 83.5 Å². The molecule has 7 heteroatoms. The Morgan fingerprint density at radius 3 is 2.68 bits per heavy atom. The molecule has 0 atom stereocenters. The van der Waals surface area contributed by atoms with Crippen LogP contribution in [0.5, 0.6) is 0 Å². The van der Waals surface area contributed by atoms with Gasteiger partial charge in [-0.2, -0.15) is 0 Å². The summed E-state index contributed by atoms with van der Waals surface area (Å²) < 4.78 is 27.0. The third-order valence-electron chi connectivity index (χ3n) is 2.52. The SMILES string of the molecule is CCc1cc(Br)ccc1NS(=O)(=O)CCCC(=O)O. The van der Waals surface area contributed by atoms with Gasteiger partial charge in [0.15, 0.2) is 0 Å². The maximum absolute atomic E-state index is 11.8. The number of rotatable bonds is 7. The highest BCUT2D eigenvalue weighted by molar-refractivity contribution is 9.10. The molecule has 0 spiro atoms. The molecule has 1 rings (SSSR count). The quantitative estimate of drug-likeness (QED) is 0.792. The maximum atomic E-state index is 11.8. The number of halogens is 1. The summed E-state index contributed by atoms with van der Waals surface area (Å²) in [6, 6.07) is 5.31. The van der Waals surface area contributed by atoms with E-state index in [1.165, 1.54) is 0 Å². The molecule has 0 saturated carbocycles. The molecule has 5 nitrogen and oxygen atoms in total. The maximum Gasteiger partial charge on any atom is 0.303 e. The monoisotopic (exact) mass is 349 g/mol. The number of benzene rings is 1. The van der Waals surface area contributed by atoms with Crippen LogP contribution < -0.4 is 4.72 Å². The molecule has 2 N–H and O–H groups in total. The predicted octanol–water partition coefficient (Wildman–Crippen LogP) is 2.62. The number of nitrogens with one attached hydrogen (secondary N) is 1. The first-order chi connectivity index (χ1) is 8.84. The Hall–Kier alpha value is -1.08. The second-order valence-corrected chi connectivity index (χ2v) is 6.83. The van der Waals surface area contributed by atoms with E-state index in [2.05, 4.69) is 20.7 Å². The van der Waals surface area contributed by atoms with E-state index in [1.54, 1.807) is 12.1 Å². The normalized spacial score (nSPS) is 11.3. The Morgan fingerprint density at radius 2 is 2.11 bits per heavy atom. The Kier molecular flexibility index (Phi) is 5.81. The van der Waals surface area contributed by atoms with Crippen LogP contribution in [0.1, 0.15) is 25.3 Å². The van der Waals surface area contributed by atoms with Gasteiger partial charge in [0.25, 0.3) is 0 Å². The van der Waals surface area contributed by atoms with E-state index >= 15 is 0 Å². The zero-order chi connectivity index (χ0) is 14.5. The predicted molar refractivity (Wildman–Crippen MR) is 77.8 cm³/mol. The number of anilines is 1. The summed E-state index contributed by atoms with van der Waals surface area (Å²) >= 11 is 3.33. The average Bonchev–Trinajstić information content (AvgIpc) is 2.30. The van der Waals surface area contributed by atoms with E-state index < -0.39 is 16.0 Å². The van der Waals surface area contributed by atoms with E-state index in [1.807, 2.05) is 13.0 Å². The highest BCUT2D eigenvalue weighted by Crippen LogP contribution is 2.22. The van der Waals surface area contributed by atoms with Crippen LogP contribution in [0.2, 0.25) is 0 Å². The van der Waals surface area contributed by atoms with Gasteiger partial charge in [0.1, 0.15) is 0 Å². The fraction of sp³-hybridized carbons (Fsp3) is 0.417. The van der Waals surface area contributed by atoms with Crippen LogP contribution >= 0.6 is 15.9 Å². The van der Waals surface area contributed by atoms with E-state index in [0.717, 1.165) is 10.0 Å². The van der Waals surface area contributed by atoms with Crippen LogP contribution in [0.4, 0.5) is 5.69 Å². The standard InChI is InChI=1S/C12H16BrNO4S/c1-2-9-8-10(13)5-6-11(9)14-19(17,18)7-3-4-12(15)16/h5-6,8,14H,2-4,7H2,1H3,(H,15,16). The number of hydrogen-bond acceptors (Lipinski definition) is 3. The molecule has 0 aromatic heterocycles. The van der Waals surface area contributed by atoms with Gasteiger partial charge in [-0.15, -0.1) is 0 Å². The lowest BCUT2D eigenvalue weighted by molar-refractivity contribution is -0.137. The van der Waals surface area contributed by atoms with E-state index in [0.29, 0.717) is 12.1 Å². The Balaban J connectivity index is 2.75. The van der Waals surface area contributed by atoms with Crippen LogP contribution in [-0.2, 0) is 21.2 Å². The lowest BCUT2D eigenvalue weighted by Gasteiger charge is -2.11. The molecule has 0 aliphatic rings. The molecule has 106 valence electrons. The lowest BCUT2D eigenvalue weighted by Crippen LogP contribution is -2.18. The molecular weight excluding hydrogens is 334 g/mol. The number of aliphatic carboxylic acids is 1. The van der Waals surface area contributed by atoms with E-state index in [-0.39, 0.29) is 18.6 Å². The van der Waals surface area contributed by atoms with Gasteiger partial charge in [-0.3, -0.25) is 9.52 Å². The number of hydrogen-bond donors (Lipinski definition) is 2. The number of carbonyl (C=O) groups is 1. The third-order valence-corrected chi connectivity index (χ3v) is 4.37. The molecule has 19 heavy (non-hydrogen) atoms. The summed E-state index contributed by atoms with van der Waals surface area (Å²) in [5, 5.41) is 8.49. The zero-order valence-corrected chi connectivity index (χ0v) is 12.9. The van der Waals surface area contributed by atoms with E-state index in [9.17, 15) is 13.2 Å². The highest BCUT2D eigenvalue weighted by atomic mass is 79.9. The molecule has 0 amide bonds. The molecule has 1 aromatic carbocycles. The first-order valence-corrected chi connectivity index (χ1v) is 8.29. The molecule has 0 aliphatic carbocycles. The number of aryl methyl sites for hydroxylation is 1. The van der Waals surface area contributed by atoms with Crippen molar-refractivity contribution in [3.63, 3.8) is 0 Å². The molecule has 0 heterocycles. The van der Waals surface area contributed by atoms with Gasteiger partial charge in [0.2, 0.25) is 10.0 Å². The summed E-state index contributed by atoms with van der Waals surface area (Å²) in [6.07, 6.45) is 0.650. The molecule has 0 radical (unpaired) electrons. The minimum atomic E-state index is -3.50. The Labute approximate surface area is 121 Å². The van der Waals surface area contributed by atoms with Crippen molar-refractivity contribution in [2.75, 3.05) is 10.5 Å². The summed E-state index contributed by atoms with van der Waals surface area (Å²) in [5.74, 6) is -1.19. The fourth-order valence-corrected chi connectivity index (χ4v) is 3.16. The number of carboxylic acid groups (broad SMARTS) is 1. The van der Waals surface area contributed by atoms with Crippen LogP contribution in [0.3, 0.4) is 0 Å². The zero-order valence-electron chi connectivity index (χ0n) is 10.5. The van der Waals surface area contributed by atoms with Crippen molar-refractivity contribution in [2.24, 2.45) is 0 Å². The van der Waals surface area contributed by atoms with Gasteiger partial charge in [-0.05, 0) is 36.6 Å². The second-order valence-electron chi connectivity index (χ2n) is 4.07. The molecule has 0 saturated heterocycles. The van der Waals surface area contributed by atoms with Crippen LogP contribution in [-0.4, -0.2) is 25.2 Å². The van der Waals surface area contributed by atoms with Crippen molar-refractivity contribution in [3.8, 4) is 0 Å². The summed E-state index contributed by atoms with van der Waals surface area (Å²) in [4.78, 5) is 10.4. The van der Waals surface area contributed by atoms with Crippen molar-refractivity contribution < 1.29 is 18.3 Å². The smallest absolute Gasteiger partial charge is 0.303 e. The van der Waals surface area contributed by atoms with Crippen molar-refractivity contribution in [3.05, 3.63) is 28.2 Å². The third kappa shape index (κ3) is 5.61. The Bertz CT molecular complexity index is 557. The van der Waals surface area contributed by atoms with Gasteiger partial charge in [-0.1, -0.05) is 22.9 Å². The van der Waals surface area contributed by atoms with Crippen molar-refractivity contribution in [1.82, 2.24) is 0 Å². The average molecular weight is 350 g/mol. The summed E-state index contributed by atoms with van der Waals surface area (Å²) in [5.41, 5.74) is 1.43. The summed E-state index contributed by atoms with van der Waals surface area (Å²) in [6.45, 7) is 1.93. The molecular formula is C12H16BrNO4S. The first kappa shape index (κ1) is 16.0. The largest absolute Gasteiger partial charge is 0.481 e. The molecule has 0 fully saturated rings. The molecule has 1 aromatic rings. The van der Waals surface area contributed by atoms with Crippen LogP contribution in [0.25, 0.3) is 0 Å². The highest BCUT2D eigenvalue weighted by Gasteiger charge is 2.13. The second kappa shape index (κ2) is 6.91. The molecule has 0 unspecified atom stereocenters. The van der Waals surface area contributed by atoms with Crippen molar-refractivity contribution in [1.29, 1.82) is 0 Å². The Morgan fingerprint density at radius 1 is 1.42 bits per heavy atom. The van der Waals surface area contributed by atoms with Gasteiger partial charge in [0, 0.05) is 10.9 Å². The fourth-order valence-electron chi connectivity index (χ4n) is 1.59. The van der Waals surface area contributed by atoms with Gasteiger partial charge >= 0.3 is 5.97 Å². The van der Waals surface area contributed by atoms with Crippen molar-refractivity contribution in [2.45, 2.75) is 26.2 Å². The van der Waals surface area contributed by atoms with Crippen LogP contribution in [0, 0.1) is 0 Å².